The van der Waals surface area contributed by atoms with E-state index in [1.54, 1.807) is 42.5 Å². The molecule has 0 unspecified atom stereocenters. The predicted octanol–water partition coefficient (Wildman–Crippen LogP) is 4.01. The highest BCUT2D eigenvalue weighted by atomic mass is 16.5. The lowest BCUT2D eigenvalue weighted by atomic mass is 10.1. The molecule has 0 aliphatic heterocycles. The fourth-order valence-electron chi connectivity index (χ4n) is 3.00. The van der Waals surface area contributed by atoms with Gasteiger partial charge in [-0.3, -0.25) is 9.59 Å². The number of nitriles is 1. The molecule has 3 aromatic rings. The number of nitrogens with zero attached hydrogens (tertiary/aromatic N) is 2. The molecule has 3 aromatic carbocycles. The molecule has 0 spiro atoms. The van der Waals surface area contributed by atoms with Crippen LogP contribution in [0.3, 0.4) is 0 Å². The van der Waals surface area contributed by atoms with Gasteiger partial charge in [-0.15, -0.1) is 0 Å². The normalized spacial score (nSPS) is 10.4. The smallest absolute Gasteiger partial charge is 0.240 e. The van der Waals surface area contributed by atoms with Crippen molar-refractivity contribution in [2.24, 2.45) is 5.10 Å². The van der Waals surface area contributed by atoms with Crippen LogP contribution in [0.15, 0.2) is 77.9 Å². The van der Waals surface area contributed by atoms with Crippen molar-refractivity contribution >= 4 is 23.7 Å². The maximum absolute atomic E-state index is 12.0. The molecule has 0 radical (unpaired) electrons. The summed E-state index contributed by atoms with van der Waals surface area (Å²) >= 11 is 0. The molecule has 3 rings (SSSR count). The average molecular weight is 457 g/mol. The monoisotopic (exact) mass is 456 g/mol. The second-order valence-electron chi connectivity index (χ2n) is 7.18. The Morgan fingerprint density at radius 1 is 0.971 bits per heavy atom. The highest BCUT2D eigenvalue weighted by Crippen LogP contribution is 2.28. The van der Waals surface area contributed by atoms with Gasteiger partial charge < -0.3 is 14.8 Å². The van der Waals surface area contributed by atoms with Gasteiger partial charge in [-0.1, -0.05) is 36.4 Å². The van der Waals surface area contributed by atoms with E-state index >= 15 is 0 Å². The Balaban J connectivity index is 1.49. The van der Waals surface area contributed by atoms with Crippen molar-refractivity contribution in [1.29, 1.82) is 5.26 Å². The lowest BCUT2D eigenvalue weighted by Gasteiger charge is -2.12. The quantitative estimate of drug-likeness (QED) is 0.353. The van der Waals surface area contributed by atoms with Crippen LogP contribution < -0.4 is 20.2 Å². The Kier molecular flexibility index (Phi) is 8.76. The summed E-state index contributed by atoms with van der Waals surface area (Å²) in [5, 5.41) is 15.9. The molecule has 0 saturated heterocycles. The van der Waals surface area contributed by atoms with E-state index in [0.29, 0.717) is 28.3 Å². The van der Waals surface area contributed by atoms with Gasteiger partial charge in [0.1, 0.15) is 6.61 Å². The van der Waals surface area contributed by atoms with Crippen LogP contribution in [0, 0.1) is 11.3 Å². The number of anilines is 1. The zero-order chi connectivity index (χ0) is 24.2. The van der Waals surface area contributed by atoms with Crippen LogP contribution in [0.25, 0.3) is 0 Å². The van der Waals surface area contributed by atoms with Crippen LogP contribution in [0.5, 0.6) is 11.5 Å². The van der Waals surface area contributed by atoms with E-state index in [0.717, 1.165) is 5.56 Å². The number of methoxy groups -OCH3 is 1. The number of hydrazone groups is 1. The number of rotatable bonds is 10. The molecule has 0 aliphatic carbocycles. The predicted molar refractivity (Wildman–Crippen MR) is 129 cm³/mol. The molecule has 2 N–H and O–H groups in total. The zero-order valence-corrected chi connectivity index (χ0v) is 18.7. The van der Waals surface area contributed by atoms with Gasteiger partial charge in [0.25, 0.3) is 0 Å². The SMILES string of the molecule is COc1cc(C=NNC(=O)CCC(=O)Nc2ccccc2)ccc1OCc1ccccc1C#N. The van der Waals surface area contributed by atoms with E-state index in [4.69, 9.17) is 9.47 Å². The summed E-state index contributed by atoms with van der Waals surface area (Å²) in [7, 11) is 1.52. The van der Waals surface area contributed by atoms with Crippen LogP contribution in [-0.2, 0) is 16.2 Å². The second kappa shape index (κ2) is 12.4. The van der Waals surface area contributed by atoms with E-state index in [1.807, 2.05) is 30.3 Å². The highest BCUT2D eigenvalue weighted by Gasteiger charge is 2.09. The van der Waals surface area contributed by atoms with Crippen molar-refractivity contribution in [3.05, 3.63) is 89.5 Å². The number of carbonyl (C=O) groups excluding carboxylic acids is 2. The van der Waals surface area contributed by atoms with E-state index in [-0.39, 0.29) is 31.3 Å². The lowest BCUT2D eigenvalue weighted by Crippen LogP contribution is -2.20. The van der Waals surface area contributed by atoms with E-state index < -0.39 is 0 Å². The first-order valence-electron chi connectivity index (χ1n) is 10.5. The number of nitrogens with one attached hydrogen (secondary N) is 2. The van der Waals surface area contributed by atoms with Crippen LogP contribution in [0.2, 0.25) is 0 Å². The van der Waals surface area contributed by atoms with Crippen molar-refractivity contribution < 1.29 is 19.1 Å². The van der Waals surface area contributed by atoms with Gasteiger partial charge in [-0.25, -0.2) is 5.43 Å². The van der Waals surface area contributed by atoms with Crippen molar-refractivity contribution in [3.8, 4) is 17.6 Å². The third kappa shape index (κ3) is 7.21. The highest BCUT2D eigenvalue weighted by molar-refractivity contribution is 5.93. The molecule has 172 valence electrons. The van der Waals surface area contributed by atoms with Gasteiger partial charge in [-0.05, 0) is 42.0 Å². The minimum atomic E-state index is -0.373. The number of amides is 2. The number of hydrogen-bond acceptors (Lipinski definition) is 6. The molecule has 0 aliphatic rings. The summed E-state index contributed by atoms with van der Waals surface area (Å²) in [6.45, 7) is 0.224. The van der Waals surface area contributed by atoms with Crippen LogP contribution >= 0.6 is 0 Å². The number of benzene rings is 3. The van der Waals surface area contributed by atoms with E-state index in [1.165, 1.54) is 13.3 Å². The minimum Gasteiger partial charge on any atom is -0.493 e. The van der Waals surface area contributed by atoms with E-state index in [9.17, 15) is 14.9 Å². The Morgan fingerprint density at radius 3 is 2.47 bits per heavy atom. The molecule has 8 heteroatoms. The first-order valence-corrected chi connectivity index (χ1v) is 10.5. The van der Waals surface area contributed by atoms with Gasteiger partial charge in [-0.2, -0.15) is 10.4 Å². The fraction of sp³-hybridized carbons (Fsp3) is 0.154. The number of carbonyl (C=O) groups is 2. The molecule has 0 fully saturated rings. The van der Waals surface area contributed by atoms with Crippen molar-refractivity contribution in [3.63, 3.8) is 0 Å². The lowest BCUT2D eigenvalue weighted by molar-refractivity contribution is -0.124. The number of ether oxygens (including phenoxy) is 2. The Hall–Kier alpha value is -4.64. The first kappa shape index (κ1) is 24.0. The Bertz CT molecular complexity index is 1200. The second-order valence-corrected chi connectivity index (χ2v) is 7.18. The Labute approximate surface area is 197 Å². The fourth-order valence-corrected chi connectivity index (χ4v) is 3.00. The van der Waals surface area contributed by atoms with Gasteiger partial charge >= 0.3 is 0 Å². The summed E-state index contributed by atoms with van der Waals surface area (Å²) in [6, 6.07) is 23.6. The summed E-state index contributed by atoms with van der Waals surface area (Å²) in [5.41, 5.74) is 5.11. The van der Waals surface area contributed by atoms with Gasteiger partial charge in [0, 0.05) is 24.1 Å². The maximum atomic E-state index is 12.0. The molecule has 2 amide bonds. The summed E-state index contributed by atoms with van der Waals surface area (Å²) in [4.78, 5) is 23.9. The van der Waals surface area contributed by atoms with Gasteiger partial charge in [0.15, 0.2) is 11.5 Å². The first-order chi connectivity index (χ1) is 16.6. The Morgan fingerprint density at radius 2 is 1.71 bits per heavy atom. The van der Waals surface area contributed by atoms with E-state index in [2.05, 4.69) is 21.9 Å². The molecule has 0 heterocycles. The van der Waals surface area contributed by atoms with Crippen LogP contribution in [-0.4, -0.2) is 25.1 Å². The topological polar surface area (TPSA) is 113 Å². The van der Waals surface area contributed by atoms with Crippen LogP contribution in [0.4, 0.5) is 5.69 Å². The molecule has 8 nitrogen and oxygen atoms in total. The minimum absolute atomic E-state index is 0.0102. The van der Waals surface area contributed by atoms with Crippen LogP contribution in [0.1, 0.15) is 29.5 Å². The average Bonchev–Trinajstić information content (AvgIpc) is 2.87. The standard InChI is InChI=1S/C26H24N4O4/c1-33-24-15-19(11-12-23(24)34-18-21-8-6-5-7-20(21)16-27)17-28-30-26(32)14-13-25(31)29-22-9-3-2-4-10-22/h2-12,15,17H,13-14,18H2,1H3,(H,29,31)(H,30,32). The number of hydrogen-bond donors (Lipinski definition) is 2. The third-order valence-electron chi connectivity index (χ3n) is 4.75. The molecule has 34 heavy (non-hydrogen) atoms. The molecule has 0 bridgehead atoms. The molecular weight excluding hydrogens is 432 g/mol. The van der Waals surface area contributed by atoms with Gasteiger partial charge in [0.05, 0.1) is 25.0 Å². The third-order valence-corrected chi connectivity index (χ3v) is 4.75. The molecular formula is C26H24N4O4. The maximum Gasteiger partial charge on any atom is 0.240 e. The van der Waals surface area contributed by atoms with Crippen molar-refractivity contribution in [2.75, 3.05) is 12.4 Å². The molecule has 0 aromatic heterocycles. The van der Waals surface area contributed by atoms with Crippen molar-refractivity contribution in [2.45, 2.75) is 19.4 Å². The number of para-hydroxylation sites is 1. The summed E-state index contributed by atoms with van der Waals surface area (Å²) < 4.78 is 11.2. The molecule has 0 saturated carbocycles. The zero-order valence-electron chi connectivity index (χ0n) is 18.7. The largest absolute Gasteiger partial charge is 0.493 e. The van der Waals surface area contributed by atoms with Crippen molar-refractivity contribution in [1.82, 2.24) is 5.43 Å². The van der Waals surface area contributed by atoms with Gasteiger partial charge in [0.2, 0.25) is 11.8 Å². The summed E-state index contributed by atoms with van der Waals surface area (Å²) in [5.74, 6) is 0.383. The summed E-state index contributed by atoms with van der Waals surface area (Å²) in [6.07, 6.45) is 1.53. The molecule has 0 atom stereocenters.